The minimum absolute atomic E-state index is 0.0204. The van der Waals surface area contributed by atoms with Crippen molar-refractivity contribution < 1.29 is 27.1 Å². The van der Waals surface area contributed by atoms with Crippen LogP contribution >= 0.6 is 0 Å². The number of nitrogens with one attached hydrogen (secondary N) is 1. The molecule has 10 heteroatoms. The van der Waals surface area contributed by atoms with Gasteiger partial charge >= 0.3 is 6.18 Å². The summed E-state index contributed by atoms with van der Waals surface area (Å²) in [6, 6.07) is 10.7. The summed E-state index contributed by atoms with van der Waals surface area (Å²) in [5.41, 5.74) is 1.75. The first-order chi connectivity index (χ1) is 15.2. The molecule has 0 aliphatic heterocycles. The summed E-state index contributed by atoms with van der Waals surface area (Å²) < 4.78 is 48.7. The number of halogens is 3. The van der Waals surface area contributed by atoms with Gasteiger partial charge in [-0.25, -0.2) is 9.67 Å². The van der Waals surface area contributed by atoms with Gasteiger partial charge in [-0.05, 0) is 56.3 Å². The Kier molecular flexibility index (Phi) is 5.60. The van der Waals surface area contributed by atoms with E-state index in [1.165, 1.54) is 30.5 Å². The molecule has 3 heterocycles. The van der Waals surface area contributed by atoms with Crippen LogP contribution in [-0.2, 0) is 0 Å². The van der Waals surface area contributed by atoms with Crippen LogP contribution < -0.4 is 10.1 Å². The number of ether oxygens (including phenoxy) is 1. The fourth-order valence-electron chi connectivity index (χ4n) is 3.13. The Hall–Kier alpha value is -3.82. The maximum Gasteiger partial charge on any atom is 0.422 e. The maximum absolute atomic E-state index is 13.1. The molecule has 0 fully saturated rings. The molecule has 3 aromatic heterocycles. The summed E-state index contributed by atoms with van der Waals surface area (Å²) in [6.45, 7) is 2.52. The van der Waals surface area contributed by atoms with Crippen molar-refractivity contribution in [2.45, 2.75) is 26.1 Å². The first-order valence-electron chi connectivity index (χ1n) is 9.74. The summed E-state index contributed by atoms with van der Waals surface area (Å²) in [5, 5.41) is 7.67. The van der Waals surface area contributed by atoms with Gasteiger partial charge in [0.15, 0.2) is 18.0 Å². The molecule has 0 spiro atoms. The number of carbonyl (C=O) groups is 1. The second-order valence-corrected chi connectivity index (χ2v) is 7.33. The van der Waals surface area contributed by atoms with Crippen molar-refractivity contribution in [1.82, 2.24) is 14.8 Å². The van der Waals surface area contributed by atoms with Crippen molar-refractivity contribution in [2.75, 3.05) is 11.9 Å². The largest absolute Gasteiger partial charge is 0.484 e. The highest BCUT2D eigenvalue weighted by atomic mass is 19.4. The highest BCUT2D eigenvalue weighted by Gasteiger charge is 2.28. The molecule has 1 aromatic carbocycles. The van der Waals surface area contributed by atoms with Crippen molar-refractivity contribution in [3.63, 3.8) is 0 Å². The number of amides is 1. The van der Waals surface area contributed by atoms with Crippen LogP contribution in [0.5, 0.6) is 5.75 Å². The molecular weight excluding hydrogens is 425 g/mol. The van der Waals surface area contributed by atoms with Gasteiger partial charge in [0.05, 0.1) is 23.4 Å². The quantitative estimate of drug-likeness (QED) is 0.427. The molecule has 4 rings (SSSR count). The zero-order valence-corrected chi connectivity index (χ0v) is 17.2. The zero-order valence-electron chi connectivity index (χ0n) is 17.2. The number of anilines is 1. The predicted molar refractivity (Wildman–Crippen MR) is 112 cm³/mol. The number of fused-ring (bicyclic) bond motifs is 1. The third-order valence-electron chi connectivity index (χ3n) is 4.59. The minimum atomic E-state index is -4.42. The van der Waals surface area contributed by atoms with E-state index >= 15 is 0 Å². The van der Waals surface area contributed by atoms with E-state index in [-0.39, 0.29) is 11.8 Å². The molecule has 0 saturated heterocycles. The van der Waals surface area contributed by atoms with Crippen molar-refractivity contribution in [3.8, 4) is 17.2 Å². The highest BCUT2D eigenvalue weighted by Crippen LogP contribution is 2.28. The number of hydrogen-bond donors (Lipinski definition) is 1. The molecule has 0 unspecified atom stereocenters. The number of furan rings is 1. The van der Waals surface area contributed by atoms with Crippen LogP contribution in [0, 0.1) is 0 Å². The lowest BCUT2D eigenvalue weighted by Gasteiger charge is -2.11. The molecule has 0 saturated carbocycles. The second kappa shape index (κ2) is 8.37. The van der Waals surface area contributed by atoms with Gasteiger partial charge in [-0.2, -0.15) is 18.3 Å². The van der Waals surface area contributed by atoms with Gasteiger partial charge in [-0.15, -0.1) is 0 Å². The Morgan fingerprint density at radius 2 is 1.97 bits per heavy atom. The summed E-state index contributed by atoms with van der Waals surface area (Å²) in [4.78, 5) is 17.7. The summed E-state index contributed by atoms with van der Waals surface area (Å²) in [5.74, 6) is 0.131. The first kappa shape index (κ1) is 21.4. The number of carbonyl (C=O) groups excluding carboxylic acids is 1. The standard InChI is InChI=1S/C22H19F3N4O3/c1-13(2)29-20-17(11-26-29)16(10-18(28-20)19-4-3-9-31-19)21(30)27-14-5-7-15(8-6-14)32-12-22(23,24)25/h3-11,13H,12H2,1-2H3,(H,27,30). The highest BCUT2D eigenvalue weighted by molar-refractivity contribution is 6.12. The molecule has 4 aromatic rings. The summed E-state index contributed by atoms with van der Waals surface area (Å²) in [6.07, 6.45) is -1.33. The molecule has 1 N–H and O–H groups in total. The average molecular weight is 444 g/mol. The van der Waals surface area contributed by atoms with E-state index in [2.05, 4.69) is 20.1 Å². The van der Waals surface area contributed by atoms with Gasteiger partial charge < -0.3 is 14.5 Å². The van der Waals surface area contributed by atoms with E-state index < -0.39 is 18.7 Å². The first-order valence-corrected chi connectivity index (χ1v) is 9.74. The number of hydrogen-bond acceptors (Lipinski definition) is 5. The van der Waals surface area contributed by atoms with Gasteiger partial charge in [-0.1, -0.05) is 0 Å². The fraction of sp³-hybridized carbons (Fsp3) is 0.227. The van der Waals surface area contributed by atoms with Crippen LogP contribution in [0.4, 0.5) is 18.9 Å². The summed E-state index contributed by atoms with van der Waals surface area (Å²) >= 11 is 0. The zero-order chi connectivity index (χ0) is 22.9. The molecule has 0 aliphatic rings. The van der Waals surface area contributed by atoms with Gasteiger partial charge in [0, 0.05) is 11.7 Å². The normalized spacial score (nSPS) is 11.8. The van der Waals surface area contributed by atoms with Gasteiger partial charge in [0.25, 0.3) is 5.91 Å². The van der Waals surface area contributed by atoms with Crippen LogP contribution in [0.2, 0.25) is 0 Å². The number of alkyl halides is 3. The Balaban J connectivity index is 1.63. The van der Waals surface area contributed by atoms with E-state index in [9.17, 15) is 18.0 Å². The number of aromatic nitrogens is 3. The molecule has 166 valence electrons. The summed E-state index contributed by atoms with van der Waals surface area (Å²) in [7, 11) is 0. The maximum atomic E-state index is 13.1. The molecule has 0 atom stereocenters. The molecule has 0 aliphatic carbocycles. The molecule has 0 bridgehead atoms. The average Bonchev–Trinajstić information content (AvgIpc) is 3.42. The van der Waals surface area contributed by atoms with Crippen molar-refractivity contribution in [2.24, 2.45) is 0 Å². The molecule has 32 heavy (non-hydrogen) atoms. The lowest BCUT2D eigenvalue weighted by Crippen LogP contribution is -2.19. The Morgan fingerprint density at radius 1 is 1.22 bits per heavy atom. The van der Waals surface area contributed by atoms with Crippen molar-refractivity contribution >= 4 is 22.6 Å². The second-order valence-electron chi connectivity index (χ2n) is 7.33. The smallest absolute Gasteiger partial charge is 0.422 e. The lowest BCUT2D eigenvalue weighted by atomic mass is 10.1. The van der Waals surface area contributed by atoms with E-state index in [4.69, 9.17) is 4.42 Å². The molecular formula is C22H19F3N4O3. The van der Waals surface area contributed by atoms with E-state index in [0.29, 0.717) is 33.7 Å². The van der Waals surface area contributed by atoms with Gasteiger partial charge in [-0.3, -0.25) is 4.79 Å². The van der Waals surface area contributed by atoms with E-state index in [1.807, 2.05) is 13.8 Å². The van der Waals surface area contributed by atoms with Crippen LogP contribution in [-0.4, -0.2) is 33.5 Å². The van der Waals surface area contributed by atoms with E-state index in [1.54, 1.807) is 29.1 Å². The predicted octanol–water partition coefficient (Wildman–Crippen LogP) is 5.47. The molecule has 7 nitrogen and oxygen atoms in total. The third kappa shape index (κ3) is 4.58. The Labute approximate surface area is 180 Å². The number of benzene rings is 1. The van der Waals surface area contributed by atoms with Crippen LogP contribution in [0.15, 0.2) is 59.3 Å². The molecule has 1 amide bonds. The molecule has 0 radical (unpaired) electrons. The number of nitrogens with zero attached hydrogens (tertiary/aromatic N) is 3. The monoisotopic (exact) mass is 444 g/mol. The Morgan fingerprint density at radius 3 is 2.59 bits per heavy atom. The van der Waals surface area contributed by atoms with Crippen LogP contribution in [0.3, 0.4) is 0 Å². The SMILES string of the molecule is CC(C)n1ncc2c(C(=O)Nc3ccc(OCC(F)(F)F)cc3)cc(-c3ccco3)nc21. The topological polar surface area (TPSA) is 82.2 Å². The lowest BCUT2D eigenvalue weighted by molar-refractivity contribution is -0.153. The van der Waals surface area contributed by atoms with E-state index in [0.717, 1.165) is 0 Å². The Bertz CT molecular complexity index is 1230. The van der Waals surface area contributed by atoms with Gasteiger partial charge in [0.1, 0.15) is 11.4 Å². The minimum Gasteiger partial charge on any atom is -0.484 e. The number of rotatable bonds is 6. The van der Waals surface area contributed by atoms with Crippen LogP contribution in [0.25, 0.3) is 22.5 Å². The van der Waals surface area contributed by atoms with Gasteiger partial charge in [0.2, 0.25) is 0 Å². The number of pyridine rings is 1. The van der Waals surface area contributed by atoms with Crippen molar-refractivity contribution in [3.05, 3.63) is 60.5 Å². The van der Waals surface area contributed by atoms with Crippen molar-refractivity contribution in [1.29, 1.82) is 0 Å². The van der Waals surface area contributed by atoms with Crippen LogP contribution in [0.1, 0.15) is 30.2 Å². The fourth-order valence-corrected chi connectivity index (χ4v) is 3.13. The third-order valence-corrected chi connectivity index (χ3v) is 4.59.